The fourth-order valence-electron chi connectivity index (χ4n) is 0.641. The monoisotopic (exact) mass is 252 g/mol. The van der Waals surface area contributed by atoms with Gasteiger partial charge in [0.1, 0.15) is 0 Å². The number of aliphatic carboxylic acids is 1. The summed E-state index contributed by atoms with van der Waals surface area (Å²) in [4.78, 5) is 21.5. The van der Waals surface area contributed by atoms with Crippen LogP contribution in [0.5, 0.6) is 0 Å². The van der Waals surface area contributed by atoms with E-state index in [0.29, 0.717) is 11.5 Å². The van der Waals surface area contributed by atoms with Crippen LogP contribution in [0.15, 0.2) is 0 Å². The van der Waals surface area contributed by atoms with Crippen molar-refractivity contribution in [3.05, 3.63) is 0 Å². The van der Waals surface area contributed by atoms with Crippen molar-refractivity contribution in [2.24, 2.45) is 11.8 Å². The predicted molar refractivity (Wildman–Crippen MR) is 62.9 cm³/mol. The molecule has 0 bridgehead atoms. The highest BCUT2D eigenvalue weighted by molar-refractivity contribution is 8.76. The van der Waals surface area contributed by atoms with Gasteiger partial charge in [0, 0.05) is 11.5 Å². The SMILES string of the molecule is COC(=O)[C@@H](C)CSSC[C@H](C)C(=O)O. The van der Waals surface area contributed by atoms with Gasteiger partial charge >= 0.3 is 11.9 Å². The zero-order valence-electron chi connectivity index (χ0n) is 9.06. The lowest BCUT2D eigenvalue weighted by atomic mass is 10.2. The molecule has 0 saturated carbocycles. The van der Waals surface area contributed by atoms with E-state index >= 15 is 0 Å². The Balaban J connectivity index is 3.54. The van der Waals surface area contributed by atoms with Crippen molar-refractivity contribution >= 4 is 33.5 Å². The van der Waals surface area contributed by atoms with Gasteiger partial charge in [-0.15, -0.1) is 0 Å². The number of hydrogen-bond acceptors (Lipinski definition) is 5. The van der Waals surface area contributed by atoms with Gasteiger partial charge in [0.25, 0.3) is 0 Å². The molecule has 6 heteroatoms. The van der Waals surface area contributed by atoms with Crippen molar-refractivity contribution in [1.82, 2.24) is 0 Å². The maximum Gasteiger partial charge on any atom is 0.309 e. The van der Waals surface area contributed by atoms with Crippen molar-refractivity contribution in [3.8, 4) is 0 Å². The van der Waals surface area contributed by atoms with Crippen LogP contribution in [0.4, 0.5) is 0 Å². The topological polar surface area (TPSA) is 63.6 Å². The van der Waals surface area contributed by atoms with E-state index in [0.717, 1.165) is 0 Å². The summed E-state index contributed by atoms with van der Waals surface area (Å²) in [7, 11) is 4.34. The molecule has 0 unspecified atom stereocenters. The maximum absolute atomic E-state index is 11.0. The fraction of sp³-hybridized carbons (Fsp3) is 0.778. The molecule has 0 spiro atoms. The number of carbonyl (C=O) groups is 2. The average Bonchev–Trinajstić information content (AvgIpc) is 2.22. The van der Waals surface area contributed by atoms with E-state index in [9.17, 15) is 9.59 Å². The molecular weight excluding hydrogens is 236 g/mol. The summed E-state index contributed by atoms with van der Waals surface area (Å²) in [5.41, 5.74) is 0. The van der Waals surface area contributed by atoms with Gasteiger partial charge in [-0.1, -0.05) is 35.4 Å². The van der Waals surface area contributed by atoms with Gasteiger partial charge in [0.05, 0.1) is 18.9 Å². The van der Waals surface area contributed by atoms with Crippen LogP contribution < -0.4 is 0 Å². The van der Waals surface area contributed by atoms with Gasteiger partial charge in [-0.05, 0) is 0 Å². The van der Waals surface area contributed by atoms with Crippen LogP contribution in [0.3, 0.4) is 0 Å². The summed E-state index contributed by atoms with van der Waals surface area (Å²) in [6.07, 6.45) is 0. The summed E-state index contributed by atoms with van der Waals surface area (Å²) in [5, 5.41) is 8.62. The molecule has 0 aliphatic carbocycles. The van der Waals surface area contributed by atoms with Crippen LogP contribution in [0.25, 0.3) is 0 Å². The molecule has 0 aliphatic heterocycles. The van der Waals surface area contributed by atoms with Crippen LogP contribution in [-0.4, -0.2) is 35.7 Å². The van der Waals surface area contributed by atoms with Gasteiger partial charge in [0.2, 0.25) is 0 Å². The number of carbonyl (C=O) groups excluding carboxylic acids is 1. The zero-order valence-corrected chi connectivity index (χ0v) is 10.7. The van der Waals surface area contributed by atoms with Gasteiger partial charge in [0.15, 0.2) is 0 Å². The Morgan fingerprint density at radius 3 is 2.07 bits per heavy atom. The second-order valence-corrected chi connectivity index (χ2v) is 5.78. The molecule has 0 heterocycles. The highest BCUT2D eigenvalue weighted by Gasteiger charge is 2.14. The molecule has 2 atom stereocenters. The average molecular weight is 252 g/mol. The number of esters is 1. The molecule has 0 aromatic rings. The number of ether oxygens (including phenoxy) is 1. The lowest BCUT2D eigenvalue weighted by molar-refractivity contribution is -0.144. The second kappa shape index (κ2) is 7.87. The molecule has 0 radical (unpaired) electrons. The summed E-state index contributed by atoms with van der Waals surface area (Å²) < 4.78 is 4.57. The van der Waals surface area contributed by atoms with E-state index in [4.69, 9.17) is 5.11 Å². The van der Waals surface area contributed by atoms with Crippen molar-refractivity contribution in [3.63, 3.8) is 0 Å². The number of methoxy groups -OCH3 is 1. The van der Waals surface area contributed by atoms with Crippen molar-refractivity contribution in [1.29, 1.82) is 0 Å². The molecule has 0 amide bonds. The molecule has 0 aromatic heterocycles. The first-order chi connectivity index (χ1) is 6.99. The first kappa shape index (κ1) is 14.6. The minimum atomic E-state index is -0.788. The van der Waals surface area contributed by atoms with Gasteiger partial charge in [-0.25, -0.2) is 0 Å². The normalized spacial score (nSPS) is 14.3. The maximum atomic E-state index is 11.0. The highest BCUT2D eigenvalue weighted by atomic mass is 33.1. The number of hydrogen-bond donors (Lipinski definition) is 1. The summed E-state index contributed by atoms with van der Waals surface area (Å²) in [5.74, 6) is -0.320. The molecule has 0 aliphatic rings. The first-order valence-electron chi connectivity index (χ1n) is 4.54. The van der Waals surface area contributed by atoms with Crippen LogP contribution >= 0.6 is 21.6 Å². The predicted octanol–water partition coefficient (Wildman–Crippen LogP) is 1.90. The lowest BCUT2D eigenvalue weighted by Crippen LogP contribution is -2.15. The Bertz CT molecular complexity index is 220. The smallest absolute Gasteiger partial charge is 0.309 e. The van der Waals surface area contributed by atoms with Gasteiger partial charge < -0.3 is 9.84 Å². The van der Waals surface area contributed by atoms with Gasteiger partial charge in [-0.2, -0.15) is 0 Å². The van der Waals surface area contributed by atoms with Crippen molar-refractivity contribution in [2.45, 2.75) is 13.8 Å². The van der Waals surface area contributed by atoms with E-state index in [1.54, 1.807) is 13.8 Å². The third kappa shape index (κ3) is 6.67. The summed E-state index contributed by atoms with van der Waals surface area (Å²) in [6, 6.07) is 0. The second-order valence-electron chi connectivity index (χ2n) is 3.23. The van der Waals surface area contributed by atoms with Crippen LogP contribution in [0.2, 0.25) is 0 Å². The number of carboxylic acid groups (broad SMARTS) is 1. The Hall–Kier alpha value is -0.360. The molecule has 0 rings (SSSR count). The quantitative estimate of drug-likeness (QED) is 0.424. The van der Waals surface area contributed by atoms with E-state index in [1.165, 1.54) is 28.7 Å². The lowest BCUT2D eigenvalue weighted by Gasteiger charge is -2.08. The van der Waals surface area contributed by atoms with Crippen molar-refractivity contribution in [2.75, 3.05) is 18.6 Å². The zero-order chi connectivity index (χ0) is 11.8. The van der Waals surface area contributed by atoms with Gasteiger partial charge in [-0.3, -0.25) is 9.59 Å². The first-order valence-corrected chi connectivity index (χ1v) is 7.02. The molecule has 15 heavy (non-hydrogen) atoms. The largest absolute Gasteiger partial charge is 0.481 e. The van der Waals surface area contributed by atoms with E-state index < -0.39 is 5.97 Å². The molecule has 0 saturated heterocycles. The third-order valence-electron chi connectivity index (χ3n) is 1.74. The van der Waals surface area contributed by atoms with Crippen LogP contribution in [0.1, 0.15) is 13.8 Å². The number of carboxylic acids is 1. The fourth-order valence-corrected chi connectivity index (χ4v) is 3.32. The minimum absolute atomic E-state index is 0.146. The third-order valence-corrected chi connectivity index (χ3v) is 4.50. The summed E-state index contributed by atoms with van der Waals surface area (Å²) >= 11 is 0. The van der Waals surface area contributed by atoms with E-state index in [1.807, 2.05) is 0 Å². The van der Waals surface area contributed by atoms with E-state index in [2.05, 4.69) is 4.74 Å². The Morgan fingerprint density at radius 2 is 1.67 bits per heavy atom. The Labute approximate surface area is 97.5 Å². The van der Waals surface area contributed by atoms with Crippen LogP contribution in [0, 0.1) is 11.8 Å². The van der Waals surface area contributed by atoms with E-state index in [-0.39, 0.29) is 17.8 Å². The number of rotatable bonds is 7. The molecule has 0 fully saturated rings. The highest BCUT2D eigenvalue weighted by Crippen LogP contribution is 2.26. The molecule has 88 valence electrons. The van der Waals surface area contributed by atoms with Crippen LogP contribution in [-0.2, 0) is 14.3 Å². The minimum Gasteiger partial charge on any atom is -0.481 e. The summed E-state index contributed by atoms with van der Waals surface area (Å²) in [6.45, 7) is 3.46. The standard InChI is InChI=1S/C9H16O4S2/c1-6(8(10)11)4-14-15-5-7(2)9(12)13-3/h6-7H,4-5H2,1-3H3,(H,10,11)/t6-,7-/m0/s1. The Morgan fingerprint density at radius 1 is 1.20 bits per heavy atom. The van der Waals surface area contributed by atoms with Crippen molar-refractivity contribution < 1.29 is 19.4 Å². The molecular formula is C9H16O4S2. The molecule has 4 nitrogen and oxygen atoms in total. The Kier molecular flexibility index (Phi) is 7.68. The molecule has 1 N–H and O–H groups in total. The molecule has 0 aromatic carbocycles.